The lowest BCUT2D eigenvalue weighted by Crippen LogP contribution is -2.39. The van der Waals surface area contributed by atoms with E-state index in [1.165, 1.54) is 12.1 Å². The molecule has 1 aliphatic rings. The number of rotatable bonds is 4. The lowest BCUT2D eigenvalue weighted by Gasteiger charge is -2.19. The van der Waals surface area contributed by atoms with Crippen LogP contribution in [0.5, 0.6) is 0 Å². The minimum atomic E-state index is -3.52. The van der Waals surface area contributed by atoms with Crippen LogP contribution in [0.25, 0.3) is 0 Å². The van der Waals surface area contributed by atoms with Crippen LogP contribution in [0, 0.1) is 5.92 Å². The molecule has 1 aliphatic carbocycles. The topological polar surface area (TPSA) is 72.2 Å². The summed E-state index contributed by atoms with van der Waals surface area (Å²) < 4.78 is 27.9. The van der Waals surface area contributed by atoms with Gasteiger partial charge < -0.3 is 5.73 Å². The van der Waals surface area contributed by atoms with Gasteiger partial charge in [-0.3, -0.25) is 0 Å². The fourth-order valence-electron chi connectivity index (χ4n) is 2.39. The number of halogens is 2. The number of nitrogens with one attached hydrogen (secondary N) is 1. The third-order valence-corrected chi connectivity index (χ3v) is 6.17. The molecule has 1 saturated carbocycles. The molecular weight excluding hydrogens is 352 g/mol. The Morgan fingerprint density at radius 2 is 2.16 bits per heavy atom. The first-order valence-corrected chi connectivity index (χ1v) is 8.77. The number of sulfonamides is 1. The van der Waals surface area contributed by atoms with E-state index in [2.05, 4.69) is 20.7 Å². The number of hydrogen-bond donors (Lipinski definition) is 2. The molecule has 1 fully saturated rings. The summed E-state index contributed by atoms with van der Waals surface area (Å²) in [6.07, 6.45) is 2.84. The van der Waals surface area contributed by atoms with Crippen molar-refractivity contribution in [1.29, 1.82) is 0 Å². The predicted octanol–water partition coefficient (Wildman–Crippen LogP) is 2.51. The average molecular weight is 368 g/mol. The third kappa shape index (κ3) is 3.49. The molecule has 3 N–H and O–H groups in total. The van der Waals surface area contributed by atoms with Gasteiger partial charge in [0.05, 0.1) is 9.92 Å². The summed E-state index contributed by atoms with van der Waals surface area (Å²) in [6.45, 7) is 0.511. The molecule has 0 heterocycles. The fourth-order valence-corrected chi connectivity index (χ4v) is 4.40. The zero-order valence-electron chi connectivity index (χ0n) is 10.3. The molecule has 2 atom stereocenters. The summed E-state index contributed by atoms with van der Waals surface area (Å²) in [5.41, 5.74) is 5.67. The molecule has 0 radical (unpaired) electrons. The summed E-state index contributed by atoms with van der Waals surface area (Å²) in [5.74, 6) is 0.227. The first kappa shape index (κ1) is 15.3. The van der Waals surface area contributed by atoms with Crippen molar-refractivity contribution in [2.24, 2.45) is 11.7 Å². The normalized spacial score (nSPS) is 23.7. The van der Waals surface area contributed by atoms with Gasteiger partial charge in [-0.25, -0.2) is 13.1 Å². The second kappa shape index (κ2) is 6.10. The van der Waals surface area contributed by atoms with Crippen LogP contribution in [0.2, 0.25) is 5.02 Å². The van der Waals surface area contributed by atoms with Gasteiger partial charge in [-0.1, -0.05) is 18.0 Å². The molecule has 1 aromatic carbocycles. The molecule has 0 amide bonds. The van der Waals surface area contributed by atoms with Crippen LogP contribution in [0.15, 0.2) is 27.6 Å². The molecule has 2 unspecified atom stereocenters. The zero-order valence-corrected chi connectivity index (χ0v) is 13.4. The quantitative estimate of drug-likeness (QED) is 0.859. The molecule has 7 heteroatoms. The van der Waals surface area contributed by atoms with E-state index in [1.54, 1.807) is 6.07 Å². The Hall–Kier alpha value is -0.140. The minimum Gasteiger partial charge on any atom is -0.330 e. The van der Waals surface area contributed by atoms with Crippen LogP contribution in [0.1, 0.15) is 19.3 Å². The Balaban J connectivity index is 2.20. The van der Waals surface area contributed by atoms with Crippen LogP contribution < -0.4 is 10.5 Å². The monoisotopic (exact) mass is 366 g/mol. The highest BCUT2D eigenvalue weighted by Gasteiger charge is 2.30. The Labute approximate surface area is 126 Å². The Morgan fingerprint density at radius 1 is 1.42 bits per heavy atom. The van der Waals surface area contributed by atoms with E-state index < -0.39 is 10.0 Å². The van der Waals surface area contributed by atoms with Gasteiger partial charge in [0, 0.05) is 10.5 Å². The van der Waals surface area contributed by atoms with E-state index in [4.69, 9.17) is 17.3 Å². The number of hydrogen-bond acceptors (Lipinski definition) is 3. The second-order valence-corrected chi connectivity index (χ2v) is 7.71. The average Bonchev–Trinajstić information content (AvgIpc) is 2.79. The van der Waals surface area contributed by atoms with Crippen LogP contribution >= 0.6 is 27.5 Å². The van der Waals surface area contributed by atoms with Crippen molar-refractivity contribution in [2.45, 2.75) is 30.2 Å². The maximum Gasteiger partial charge on any atom is 0.240 e. The lowest BCUT2D eigenvalue weighted by atomic mass is 10.1. The van der Waals surface area contributed by atoms with Gasteiger partial charge in [0.25, 0.3) is 0 Å². The Morgan fingerprint density at radius 3 is 2.79 bits per heavy atom. The van der Waals surface area contributed by atoms with Crippen molar-refractivity contribution in [1.82, 2.24) is 4.72 Å². The van der Waals surface area contributed by atoms with Crippen molar-refractivity contribution >= 4 is 37.6 Å². The third-order valence-electron chi connectivity index (χ3n) is 3.47. The van der Waals surface area contributed by atoms with Crippen LogP contribution in [0.4, 0.5) is 0 Å². The summed E-state index contributed by atoms with van der Waals surface area (Å²) in [6, 6.07) is 4.51. The SMILES string of the molecule is NCC1CCCC1NS(=O)(=O)c1ccc(Cl)c(Br)c1. The molecule has 2 rings (SSSR count). The molecule has 0 spiro atoms. The van der Waals surface area contributed by atoms with E-state index in [0.717, 1.165) is 19.3 Å². The van der Waals surface area contributed by atoms with Crippen molar-refractivity contribution < 1.29 is 8.42 Å². The van der Waals surface area contributed by atoms with Crippen molar-refractivity contribution in [3.63, 3.8) is 0 Å². The summed E-state index contributed by atoms with van der Waals surface area (Å²) in [5, 5.41) is 0.486. The van der Waals surface area contributed by atoms with Gasteiger partial charge in [0.1, 0.15) is 0 Å². The van der Waals surface area contributed by atoms with Crippen molar-refractivity contribution in [3.05, 3.63) is 27.7 Å². The van der Waals surface area contributed by atoms with Crippen molar-refractivity contribution in [3.8, 4) is 0 Å². The summed E-state index contributed by atoms with van der Waals surface area (Å²) in [7, 11) is -3.52. The van der Waals surface area contributed by atoms with Gasteiger partial charge in [-0.05, 0) is 59.4 Å². The molecule has 0 saturated heterocycles. The van der Waals surface area contributed by atoms with Gasteiger partial charge in [0.15, 0.2) is 0 Å². The fraction of sp³-hybridized carbons (Fsp3) is 0.500. The van der Waals surface area contributed by atoms with E-state index in [0.29, 0.717) is 16.0 Å². The van der Waals surface area contributed by atoms with E-state index >= 15 is 0 Å². The highest BCUT2D eigenvalue weighted by atomic mass is 79.9. The first-order valence-electron chi connectivity index (χ1n) is 6.11. The van der Waals surface area contributed by atoms with Gasteiger partial charge in [-0.15, -0.1) is 0 Å². The maximum atomic E-state index is 12.3. The minimum absolute atomic E-state index is 0.0653. The van der Waals surface area contributed by atoms with E-state index in [-0.39, 0.29) is 16.9 Å². The molecule has 4 nitrogen and oxygen atoms in total. The highest BCUT2D eigenvalue weighted by molar-refractivity contribution is 9.10. The van der Waals surface area contributed by atoms with Crippen molar-refractivity contribution in [2.75, 3.05) is 6.54 Å². The van der Waals surface area contributed by atoms with Crippen LogP contribution in [-0.2, 0) is 10.0 Å². The molecular formula is C12H16BrClN2O2S. The summed E-state index contributed by atoms with van der Waals surface area (Å²) in [4.78, 5) is 0.214. The molecule has 19 heavy (non-hydrogen) atoms. The molecule has 0 aliphatic heterocycles. The number of nitrogens with two attached hydrogens (primary N) is 1. The van der Waals surface area contributed by atoms with Crippen LogP contribution in [0.3, 0.4) is 0 Å². The summed E-state index contributed by atoms with van der Waals surface area (Å²) >= 11 is 9.10. The lowest BCUT2D eigenvalue weighted by molar-refractivity contribution is 0.453. The zero-order chi connectivity index (χ0) is 14.0. The number of benzene rings is 1. The largest absolute Gasteiger partial charge is 0.330 e. The smallest absolute Gasteiger partial charge is 0.240 e. The Bertz CT molecular complexity index is 565. The predicted molar refractivity (Wildman–Crippen MR) is 79.7 cm³/mol. The van der Waals surface area contributed by atoms with Crippen LogP contribution in [-0.4, -0.2) is 21.0 Å². The molecule has 0 bridgehead atoms. The standard InChI is InChI=1S/C12H16BrClN2O2S/c13-10-6-9(4-5-11(10)14)19(17,18)16-12-3-1-2-8(12)7-15/h4-6,8,12,16H,1-3,7,15H2. The van der Waals surface area contributed by atoms with Gasteiger partial charge in [-0.2, -0.15) is 0 Å². The van der Waals surface area contributed by atoms with Gasteiger partial charge >= 0.3 is 0 Å². The maximum absolute atomic E-state index is 12.3. The van der Waals surface area contributed by atoms with E-state index in [9.17, 15) is 8.42 Å². The first-order chi connectivity index (χ1) is 8.94. The Kier molecular flexibility index (Phi) is 4.89. The second-order valence-electron chi connectivity index (χ2n) is 4.73. The highest BCUT2D eigenvalue weighted by Crippen LogP contribution is 2.28. The van der Waals surface area contributed by atoms with Gasteiger partial charge in [0.2, 0.25) is 10.0 Å². The molecule has 1 aromatic rings. The molecule has 106 valence electrons. The van der Waals surface area contributed by atoms with E-state index in [1.807, 2.05) is 0 Å². The molecule has 0 aromatic heterocycles.